The van der Waals surface area contributed by atoms with Gasteiger partial charge in [-0.05, 0) is 99.7 Å². The van der Waals surface area contributed by atoms with Crippen molar-refractivity contribution in [2.45, 2.75) is 0 Å². The predicted molar refractivity (Wildman–Crippen MR) is 210 cm³/mol. The molecule has 0 unspecified atom stereocenters. The molecule has 0 bridgehead atoms. The molecule has 11 aromatic rings. The van der Waals surface area contributed by atoms with E-state index in [4.69, 9.17) is 4.42 Å². The molecular formula is C48H28O. The molecule has 226 valence electrons. The quantitative estimate of drug-likeness (QED) is 0.138. The second-order valence-electron chi connectivity index (χ2n) is 13.1. The molecule has 1 aromatic heterocycles. The van der Waals surface area contributed by atoms with Gasteiger partial charge in [0.15, 0.2) is 0 Å². The first-order valence-electron chi connectivity index (χ1n) is 16.9. The lowest BCUT2D eigenvalue weighted by atomic mass is 9.83. The number of rotatable bonds is 2. The molecule has 1 heteroatoms. The molecule has 1 nitrogen and oxygen atoms in total. The molecule has 11 rings (SSSR count). The van der Waals surface area contributed by atoms with Crippen molar-refractivity contribution in [3.05, 3.63) is 170 Å². The zero-order chi connectivity index (χ0) is 32.1. The molecule has 0 aliphatic carbocycles. The van der Waals surface area contributed by atoms with Gasteiger partial charge in [0.25, 0.3) is 0 Å². The van der Waals surface area contributed by atoms with Gasteiger partial charge in [0, 0.05) is 16.2 Å². The molecule has 10 aromatic carbocycles. The van der Waals surface area contributed by atoms with E-state index in [2.05, 4.69) is 170 Å². The third-order valence-corrected chi connectivity index (χ3v) is 10.6. The highest BCUT2D eigenvalue weighted by molar-refractivity contribution is 6.31. The Labute approximate surface area is 282 Å². The van der Waals surface area contributed by atoms with Crippen LogP contribution in [0.2, 0.25) is 0 Å². The van der Waals surface area contributed by atoms with Gasteiger partial charge in [-0.2, -0.15) is 0 Å². The van der Waals surface area contributed by atoms with Crippen LogP contribution in [0.5, 0.6) is 0 Å². The van der Waals surface area contributed by atoms with Crippen LogP contribution >= 0.6 is 0 Å². The van der Waals surface area contributed by atoms with E-state index in [0.717, 1.165) is 21.9 Å². The molecule has 0 atom stereocenters. The summed E-state index contributed by atoms with van der Waals surface area (Å²) in [6.45, 7) is 0. The topological polar surface area (TPSA) is 13.1 Å². The zero-order valence-corrected chi connectivity index (χ0v) is 26.6. The Morgan fingerprint density at radius 2 is 0.776 bits per heavy atom. The summed E-state index contributed by atoms with van der Waals surface area (Å²) in [5.74, 6) is 0. The van der Waals surface area contributed by atoms with Gasteiger partial charge in [-0.25, -0.2) is 0 Å². The fraction of sp³-hybridized carbons (Fsp3) is 0. The van der Waals surface area contributed by atoms with Gasteiger partial charge in [-0.15, -0.1) is 0 Å². The van der Waals surface area contributed by atoms with Crippen LogP contribution in [0.1, 0.15) is 0 Å². The third kappa shape index (κ3) is 3.70. The Morgan fingerprint density at radius 1 is 0.306 bits per heavy atom. The van der Waals surface area contributed by atoms with Crippen molar-refractivity contribution in [2.24, 2.45) is 0 Å². The smallest absolute Gasteiger partial charge is 0.143 e. The number of hydrogen-bond acceptors (Lipinski definition) is 1. The lowest BCUT2D eigenvalue weighted by Crippen LogP contribution is -1.92. The van der Waals surface area contributed by atoms with Crippen LogP contribution in [-0.2, 0) is 0 Å². The first-order valence-corrected chi connectivity index (χ1v) is 16.9. The molecular weight excluding hydrogens is 593 g/mol. The summed E-state index contributed by atoms with van der Waals surface area (Å²) >= 11 is 0. The van der Waals surface area contributed by atoms with Crippen LogP contribution in [0.25, 0.3) is 109 Å². The number of hydrogen-bond donors (Lipinski definition) is 0. The highest BCUT2D eigenvalue weighted by atomic mass is 16.3. The summed E-state index contributed by atoms with van der Waals surface area (Å²) in [4.78, 5) is 0. The second kappa shape index (κ2) is 10.0. The molecule has 1 heterocycles. The van der Waals surface area contributed by atoms with Crippen LogP contribution in [0.4, 0.5) is 0 Å². The maximum Gasteiger partial charge on any atom is 0.143 e. The average molecular weight is 621 g/mol. The van der Waals surface area contributed by atoms with Gasteiger partial charge < -0.3 is 4.42 Å². The largest absolute Gasteiger partial charge is 0.455 e. The number of furan rings is 1. The van der Waals surface area contributed by atoms with Gasteiger partial charge in [0.2, 0.25) is 0 Å². The second-order valence-corrected chi connectivity index (χ2v) is 13.1. The third-order valence-electron chi connectivity index (χ3n) is 10.6. The van der Waals surface area contributed by atoms with Gasteiger partial charge in [0.1, 0.15) is 11.2 Å². The van der Waals surface area contributed by atoms with Gasteiger partial charge >= 0.3 is 0 Å². The fourth-order valence-corrected chi connectivity index (χ4v) is 8.55. The lowest BCUT2D eigenvalue weighted by molar-refractivity contribution is 0.673. The Bertz CT molecular complexity index is 3100. The summed E-state index contributed by atoms with van der Waals surface area (Å²) in [7, 11) is 0. The summed E-state index contributed by atoms with van der Waals surface area (Å²) in [6, 6.07) is 62.0. The highest BCUT2D eigenvalue weighted by Gasteiger charge is 2.21. The molecule has 0 saturated carbocycles. The van der Waals surface area contributed by atoms with Crippen LogP contribution in [0, 0.1) is 0 Å². The molecule has 0 aliphatic heterocycles. The van der Waals surface area contributed by atoms with Crippen molar-refractivity contribution >= 4 is 86.6 Å². The summed E-state index contributed by atoms with van der Waals surface area (Å²) in [6.07, 6.45) is 0. The van der Waals surface area contributed by atoms with E-state index in [9.17, 15) is 0 Å². The van der Waals surface area contributed by atoms with E-state index in [1.54, 1.807) is 0 Å². The van der Waals surface area contributed by atoms with E-state index in [-0.39, 0.29) is 0 Å². The first kappa shape index (κ1) is 26.6. The fourth-order valence-electron chi connectivity index (χ4n) is 8.55. The van der Waals surface area contributed by atoms with E-state index in [1.807, 2.05) is 0 Å². The minimum absolute atomic E-state index is 0.910. The first-order chi connectivity index (χ1) is 24.3. The summed E-state index contributed by atoms with van der Waals surface area (Å²) < 4.78 is 6.69. The van der Waals surface area contributed by atoms with Crippen LogP contribution < -0.4 is 0 Å². The SMILES string of the molecule is c1ccc2c(c1)cc(-c1c3ccccc3c(-c3ccc4oc5c6ccccc6c6ccccc6c5c4c3)c3ccccc13)c1ccccc12. The molecule has 0 amide bonds. The van der Waals surface area contributed by atoms with Gasteiger partial charge in [-0.1, -0.05) is 152 Å². The van der Waals surface area contributed by atoms with Crippen molar-refractivity contribution in [1.29, 1.82) is 0 Å². The molecule has 0 aliphatic rings. The molecule has 0 fully saturated rings. The van der Waals surface area contributed by atoms with Gasteiger partial charge in [0.05, 0.1) is 0 Å². The van der Waals surface area contributed by atoms with E-state index in [0.29, 0.717) is 0 Å². The highest BCUT2D eigenvalue weighted by Crippen LogP contribution is 2.48. The minimum Gasteiger partial charge on any atom is -0.455 e. The normalized spacial score (nSPS) is 12.1. The van der Waals surface area contributed by atoms with Crippen molar-refractivity contribution in [3.63, 3.8) is 0 Å². The van der Waals surface area contributed by atoms with E-state index < -0.39 is 0 Å². The maximum atomic E-state index is 6.69. The molecule has 0 spiro atoms. The molecule has 49 heavy (non-hydrogen) atoms. The summed E-state index contributed by atoms with van der Waals surface area (Å²) in [5.41, 5.74) is 6.85. The molecule has 0 saturated heterocycles. The Morgan fingerprint density at radius 3 is 1.43 bits per heavy atom. The average Bonchev–Trinajstić information content (AvgIpc) is 3.56. The van der Waals surface area contributed by atoms with E-state index in [1.165, 1.54) is 86.9 Å². The number of benzene rings is 10. The Kier molecular flexibility index (Phi) is 5.45. The van der Waals surface area contributed by atoms with Crippen molar-refractivity contribution < 1.29 is 4.42 Å². The lowest BCUT2D eigenvalue weighted by Gasteiger charge is -2.19. The predicted octanol–water partition coefficient (Wildman–Crippen LogP) is 13.8. The molecule has 0 radical (unpaired) electrons. The van der Waals surface area contributed by atoms with Gasteiger partial charge in [-0.3, -0.25) is 0 Å². The zero-order valence-electron chi connectivity index (χ0n) is 26.6. The molecule has 0 N–H and O–H groups in total. The standard InChI is InChI=1S/C48H28O/c1-2-14-31-29(13-1)27-42(35-18-4-3-15-32(31)35)46-39-22-10-8-20-37(39)45(38-21-9-11-23-40(38)46)30-25-26-44-43(28-30)47-36-19-7-5-16-33(36)34-17-6-12-24-41(34)48(47)49-44/h1-28H. The van der Waals surface area contributed by atoms with Crippen LogP contribution in [-0.4, -0.2) is 0 Å². The van der Waals surface area contributed by atoms with Crippen LogP contribution in [0.15, 0.2) is 174 Å². The van der Waals surface area contributed by atoms with Crippen molar-refractivity contribution in [2.75, 3.05) is 0 Å². The summed E-state index contributed by atoms with van der Waals surface area (Å²) in [5, 5.41) is 17.3. The Hall–Kier alpha value is -6.44. The minimum atomic E-state index is 0.910. The monoisotopic (exact) mass is 620 g/mol. The van der Waals surface area contributed by atoms with E-state index >= 15 is 0 Å². The van der Waals surface area contributed by atoms with Crippen LogP contribution in [0.3, 0.4) is 0 Å². The number of fused-ring (bicyclic) bond motifs is 13. The van der Waals surface area contributed by atoms with Crippen molar-refractivity contribution in [1.82, 2.24) is 0 Å². The maximum absolute atomic E-state index is 6.69. The Balaban J connectivity index is 1.27. The van der Waals surface area contributed by atoms with Crippen molar-refractivity contribution in [3.8, 4) is 22.3 Å².